The molecule has 2 N–H and O–H groups in total. The molecule has 1 aromatic rings. The topological polar surface area (TPSA) is 40.5 Å². The van der Waals surface area contributed by atoms with E-state index >= 15 is 0 Å². The molecule has 4 heteroatoms. The van der Waals surface area contributed by atoms with Gasteiger partial charge < -0.3 is 10.2 Å². The number of rotatable bonds is 5. The standard InChI is InChI=1S/C12H17BrO2S/c1-8(6-14)7-16-12-4-3-10(13)5-11(12)9(2)15/h3-5,8-9,14-15H,6-7H2,1-2H3. The second-order valence-corrected chi connectivity index (χ2v) is 5.93. The summed E-state index contributed by atoms with van der Waals surface area (Å²) in [4.78, 5) is 1.08. The maximum Gasteiger partial charge on any atom is 0.0773 e. The van der Waals surface area contributed by atoms with Crippen molar-refractivity contribution < 1.29 is 10.2 Å². The van der Waals surface area contributed by atoms with Gasteiger partial charge in [-0.3, -0.25) is 0 Å². The van der Waals surface area contributed by atoms with Gasteiger partial charge in [0.25, 0.3) is 0 Å². The van der Waals surface area contributed by atoms with Gasteiger partial charge in [0, 0.05) is 21.7 Å². The molecule has 0 aliphatic rings. The van der Waals surface area contributed by atoms with Crippen LogP contribution in [0.2, 0.25) is 0 Å². The summed E-state index contributed by atoms with van der Waals surface area (Å²) in [6.45, 7) is 3.97. The number of benzene rings is 1. The quantitative estimate of drug-likeness (QED) is 0.821. The Labute approximate surface area is 109 Å². The monoisotopic (exact) mass is 304 g/mol. The fraction of sp³-hybridized carbons (Fsp3) is 0.500. The lowest BCUT2D eigenvalue weighted by atomic mass is 10.1. The second kappa shape index (κ2) is 6.64. The Balaban J connectivity index is 2.78. The molecule has 0 fully saturated rings. The lowest BCUT2D eigenvalue weighted by Gasteiger charge is -2.13. The van der Waals surface area contributed by atoms with E-state index in [4.69, 9.17) is 5.11 Å². The Morgan fingerprint density at radius 2 is 2.06 bits per heavy atom. The van der Waals surface area contributed by atoms with E-state index in [1.807, 2.05) is 25.1 Å². The van der Waals surface area contributed by atoms with Crippen LogP contribution in [0.15, 0.2) is 27.6 Å². The van der Waals surface area contributed by atoms with Crippen molar-refractivity contribution in [3.63, 3.8) is 0 Å². The number of thioether (sulfide) groups is 1. The molecule has 0 heterocycles. The molecule has 90 valence electrons. The van der Waals surface area contributed by atoms with Crippen molar-refractivity contribution in [3.05, 3.63) is 28.2 Å². The average Bonchev–Trinajstić information content (AvgIpc) is 2.26. The van der Waals surface area contributed by atoms with Gasteiger partial charge in [-0.15, -0.1) is 11.8 Å². The number of aliphatic hydroxyl groups is 2. The first-order valence-electron chi connectivity index (χ1n) is 5.25. The third-order valence-corrected chi connectivity index (χ3v) is 4.17. The number of halogens is 1. The van der Waals surface area contributed by atoms with Gasteiger partial charge in [-0.25, -0.2) is 0 Å². The fourth-order valence-electron chi connectivity index (χ4n) is 1.26. The van der Waals surface area contributed by atoms with E-state index in [-0.39, 0.29) is 12.5 Å². The highest BCUT2D eigenvalue weighted by molar-refractivity contribution is 9.10. The summed E-state index contributed by atoms with van der Waals surface area (Å²) in [5.74, 6) is 1.13. The normalized spacial score (nSPS) is 14.8. The number of hydrogen-bond acceptors (Lipinski definition) is 3. The van der Waals surface area contributed by atoms with Crippen molar-refractivity contribution in [2.45, 2.75) is 24.8 Å². The molecule has 0 aromatic heterocycles. The Bertz CT molecular complexity index is 342. The fourth-order valence-corrected chi connectivity index (χ4v) is 2.77. The predicted molar refractivity (Wildman–Crippen MR) is 71.7 cm³/mol. The zero-order valence-corrected chi connectivity index (χ0v) is 11.9. The molecule has 0 aliphatic carbocycles. The largest absolute Gasteiger partial charge is 0.396 e. The second-order valence-electron chi connectivity index (χ2n) is 3.96. The summed E-state index contributed by atoms with van der Waals surface area (Å²) in [5.41, 5.74) is 0.935. The molecule has 0 radical (unpaired) electrons. The van der Waals surface area contributed by atoms with Crippen LogP contribution in [0.5, 0.6) is 0 Å². The molecule has 1 aromatic carbocycles. The van der Waals surface area contributed by atoms with Crippen molar-refractivity contribution in [2.75, 3.05) is 12.4 Å². The molecule has 0 bridgehead atoms. The lowest BCUT2D eigenvalue weighted by Crippen LogP contribution is -2.04. The third kappa shape index (κ3) is 4.09. The Morgan fingerprint density at radius 3 is 2.62 bits per heavy atom. The first-order chi connectivity index (χ1) is 7.54. The average molecular weight is 305 g/mol. The molecule has 16 heavy (non-hydrogen) atoms. The maximum atomic E-state index is 9.67. The van der Waals surface area contributed by atoms with Crippen LogP contribution in [0.4, 0.5) is 0 Å². The van der Waals surface area contributed by atoms with Gasteiger partial charge in [0.1, 0.15) is 0 Å². The minimum atomic E-state index is -0.468. The predicted octanol–water partition coefficient (Wildman–Crippen LogP) is 3.22. The maximum absolute atomic E-state index is 9.67. The Kier molecular flexibility index (Phi) is 5.83. The van der Waals surface area contributed by atoms with E-state index in [9.17, 15) is 5.11 Å². The van der Waals surface area contributed by atoms with Gasteiger partial charge in [0.2, 0.25) is 0 Å². The molecule has 0 spiro atoms. The number of aliphatic hydroxyl groups excluding tert-OH is 2. The van der Waals surface area contributed by atoms with Crippen LogP contribution >= 0.6 is 27.7 Å². The van der Waals surface area contributed by atoms with Crippen molar-refractivity contribution in [2.24, 2.45) is 5.92 Å². The van der Waals surface area contributed by atoms with Crippen LogP contribution in [0.25, 0.3) is 0 Å². The van der Waals surface area contributed by atoms with E-state index in [1.165, 1.54) is 0 Å². The van der Waals surface area contributed by atoms with Crippen LogP contribution < -0.4 is 0 Å². The molecular weight excluding hydrogens is 288 g/mol. The van der Waals surface area contributed by atoms with Crippen LogP contribution in [0.1, 0.15) is 25.5 Å². The zero-order chi connectivity index (χ0) is 12.1. The van der Waals surface area contributed by atoms with Crippen molar-refractivity contribution in [1.82, 2.24) is 0 Å². The van der Waals surface area contributed by atoms with Crippen LogP contribution in [-0.2, 0) is 0 Å². The van der Waals surface area contributed by atoms with Crippen LogP contribution in [-0.4, -0.2) is 22.6 Å². The first-order valence-corrected chi connectivity index (χ1v) is 7.03. The lowest BCUT2D eigenvalue weighted by molar-refractivity contribution is 0.196. The summed E-state index contributed by atoms with van der Waals surface area (Å²) in [6.07, 6.45) is -0.468. The SMILES string of the molecule is CC(CO)CSc1ccc(Br)cc1C(C)O. The van der Waals surface area contributed by atoms with E-state index < -0.39 is 6.10 Å². The third-order valence-electron chi connectivity index (χ3n) is 2.26. The molecule has 0 amide bonds. The van der Waals surface area contributed by atoms with Gasteiger partial charge in [-0.1, -0.05) is 22.9 Å². The van der Waals surface area contributed by atoms with Gasteiger partial charge in [0.05, 0.1) is 6.10 Å². The highest BCUT2D eigenvalue weighted by Gasteiger charge is 2.10. The molecule has 2 unspecified atom stereocenters. The van der Waals surface area contributed by atoms with Crippen molar-refractivity contribution in [1.29, 1.82) is 0 Å². The van der Waals surface area contributed by atoms with E-state index in [1.54, 1.807) is 18.7 Å². The Morgan fingerprint density at radius 1 is 1.38 bits per heavy atom. The van der Waals surface area contributed by atoms with Crippen LogP contribution in [0.3, 0.4) is 0 Å². The molecule has 0 saturated heterocycles. The minimum Gasteiger partial charge on any atom is -0.396 e. The van der Waals surface area contributed by atoms with E-state index in [0.29, 0.717) is 0 Å². The summed E-state index contributed by atoms with van der Waals surface area (Å²) in [6, 6.07) is 5.91. The summed E-state index contributed by atoms with van der Waals surface area (Å²) in [7, 11) is 0. The first kappa shape index (κ1) is 14.0. The minimum absolute atomic E-state index is 0.202. The highest BCUT2D eigenvalue weighted by atomic mass is 79.9. The van der Waals surface area contributed by atoms with Crippen LogP contribution in [0, 0.1) is 5.92 Å². The van der Waals surface area contributed by atoms with Gasteiger partial charge >= 0.3 is 0 Å². The summed E-state index contributed by atoms with van der Waals surface area (Å²) < 4.78 is 0.975. The summed E-state index contributed by atoms with van der Waals surface area (Å²) in [5, 5.41) is 18.6. The molecule has 2 nitrogen and oxygen atoms in total. The molecular formula is C12H17BrO2S. The highest BCUT2D eigenvalue weighted by Crippen LogP contribution is 2.31. The molecule has 2 atom stereocenters. The van der Waals surface area contributed by atoms with E-state index in [2.05, 4.69) is 15.9 Å². The van der Waals surface area contributed by atoms with Gasteiger partial charge in [-0.05, 0) is 36.6 Å². The zero-order valence-electron chi connectivity index (χ0n) is 9.48. The van der Waals surface area contributed by atoms with Crippen molar-refractivity contribution >= 4 is 27.7 Å². The molecule has 1 rings (SSSR count). The molecule has 0 aliphatic heterocycles. The molecule has 0 saturated carbocycles. The van der Waals surface area contributed by atoms with Gasteiger partial charge in [0.15, 0.2) is 0 Å². The smallest absolute Gasteiger partial charge is 0.0773 e. The van der Waals surface area contributed by atoms with Gasteiger partial charge in [-0.2, -0.15) is 0 Å². The van der Waals surface area contributed by atoms with Crippen molar-refractivity contribution in [3.8, 4) is 0 Å². The summed E-state index contributed by atoms with van der Waals surface area (Å²) >= 11 is 5.07. The number of hydrogen-bond donors (Lipinski definition) is 2. The van der Waals surface area contributed by atoms with E-state index in [0.717, 1.165) is 20.7 Å². The Hall–Kier alpha value is -0.0300.